The van der Waals surface area contributed by atoms with Gasteiger partial charge in [0.2, 0.25) is 5.91 Å². The highest BCUT2D eigenvalue weighted by molar-refractivity contribution is 5.99. The van der Waals surface area contributed by atoms with Gasteiger partial charge < -0.3 is 15.2 Å². The maximum atomic E-state index is 13.1. The van der Waals surface area contributed by atoms with Crippen LogP contribution >= 0.6 is 0 Å². The first-order chi connectivity index (χ1) is 12.4. The molecule has 1 atom stereocenters. The van der Waals surface area contributed by atoms with Crippen molar-refractivity contribution in [2.45, 2.75) is 38.5 Å². The number of anilines is 1. The standard InChI is InChI=1S/C21H23NO4/c1-14-12-16(26-13-19(23)24)9-10-18(14)22-20(25)21(2)11-5-7-15-6-3-4-8-17(15)21/h3-4,6,8-10,12H,5,7,11,13H2,1-2H3,(H,22,25)(H,23,24). The number of rotatable bonds is 5. The molecular formula is C21H23NO4. The molecule has 5 nitrogen and oxygen atoms in total. The molecule has 0 saturated heterocycles. The van der Waals surface area contributed by atoms with Crippen LogP contribution in [0.15, 0.2) is 42.5 Å². The Kier molecular flexibility index (Phi) is 4.98. The van der Waals surface area contributed by atoms with E-state index in [4.69, 9.17) is 9.84 Å². The molecule has 26 heavy (non-hydrogen) atoms. The van der Waals surface area contributed by atoms with Gasteiger partial charge in [-0.1, -0.05) is 24.3 Å². The fraction of sp³-hybridized carbons (Fsp3) is 0.333. The molecule has 2 aromatic rings. The molecule has 2 aromatic carbocycles. The van der Waals surface area contributed by atoms with E-state index in [-0.39, 0.29) is 12.5 Å². The number of hydrogen-bond donors (Lipinski definition) is 2. The zero-order valence-electron chi connectivity index (χ0n) is 15.0. The Morgan fingerprint density at radius 3 is 2.73 bits per heavy atom. The van der Waals surface area contributed by atoms with Gasteiger partial charge in [-0.05, 0) is 68.0 Å². The lowest BCUT2D eigenvalue weighted by Crippen LogP contribution is -2.40. The molecular weight excluding hydrogens is 330 g/mol. The quantitative estimate of drug-likeness (QED) is 0.859. The molecule has 2 N–H and O–H groups in total. The van der Waals surface area contributed by atoms with E-state index in [2.05, 4.69) is 11.4 Å². The predicted octanol–water partition coefficient (Wildman–Crippen LogP) is 3.69. The summed E-state index contributed by atoms with van der Waals surface area (Å²) in [5.41, 5.74) is 3.32. The predicted molar refractivity (Wildman–Crippen MR) is 99.7 cm³/mol. The monoisotopic (exact) mass is 353 g/mol. The fourth-order valence-corrected chi connectivity index (χ4v) is 3.55. The maximum absolute atomic E-state index is 13.1. The van der Waals surface area contributed by atoms with Crippen LogP contribution in [0.1, 0.15) is 36.5 Å². The van der Waals surface area contributed by atoms with Crippen LogP contribution in [-0.4, -0.2) is 23.6 Å². The minimum Gasteiger partial charge on any atom is -0.482 e. The van der Waals surface area contributed by atoms with Crippen molar-refractivity contribution in [2.75, 3.05) is 11.9 Å². The summed E-state index contributed by atoms with van der Waals surface area (Å²) < 4.78 is 5.18. The third-order valence-corrected chi connectivity index (χ3v) is 5.04. The highest BCUT2D eigenvalue weighted by Crippen LogP contribution is 2.38. The Bertz CT molecular complexity index is 846. The van der Waals surface area contributed by atoms with Crippen molar-refractivity contribution in [3.8, 4) is 5.75 Å². The normalized spacial score (nSPS) is 18.7. The first-order valence-electron chi connectivity index (χ1n) is 8.75. The van der Waals surface area contributed by atoms with Crippen molar-refractivity contribution in [1.29, 1.82) is 0 Å². The topological polar surface area (TPSA) is 75.6 Å². The van der Waals surface area contributed by atoms with E-state index in [1.165, 1.54) is 5.56 Å². The van der Waals surface area contributed by atoms with Crippen molar-refractivity contribution >= 4 is 17.6 Å². The molecule has 0 fully saturated rings. The summed E-state index contributed by atoms with van der Waals surface area (Å²) in [6, 6.07) is 13.3. The zero-order valence-corrected chi connectivity index (χ0v) is 15.0. The lowest BCUT2D eigenvalue weighted by atomic mass is 9.70. The Morgan fingerprint density at radius 2 is 2.00 bits per heavy atom. The molecule has 3 rings (SSSR count). The summed E-state index contributed by atoms with van der Waals surface area (Å²) in [6.07, 6.45) is 2.81. The molecule has 0 heterocycles. The summed E-state index contributed by atoms with van der Waals surface area (Å²) in [7, 11) is 0. The molecule has 1 unspecified atom stereocenters. The minimum atomic E-state index is -1.02. The van der Waals surface area contributed by atoms with E-state index in [9.17, 15) is 9.59 Å². The number of aryl methyl sites for hydroxylation is 2. The Balaban J connectivity index is 1.79. The molecule has 1 aliphatic carbocycles. The van der Waals surface area contributed by atoms with Gasteiger partial charge in [-0.2, -0.15) is 0 Å². The van der Waals surface area contributed by atoms with E-state index in [1.54, 1.807) is 18.2 Å². The SMILES string of the molecule is Cc1cc(OCC(=O)O)ccc1NC(=O)C1(C)CCCc2ccccc21. The Morgan fingerprint density at radius 1 is 1.23 bits per heavy atom. The van der Waals surface area contributed by atoms with Crippen LogP contribution in [0.5, 0.6) is 5.75 Å². The van der Waals surface area contributed by atoms with Crippen molar-refractivity contribution in [1.82, 2.24) is 0 Å². The number of carboxylic acid groups (broad SMARTS) is 1. The average Bonchev–Trinajstić information content (AvgIpc) is 2.62. The number of amides is 1. The summed E-state index contributed by atoms with van der Waals surface area (Å²) in [5.74, 6) is -0.576. The van der Waals surface area contributed by atoms with Crippen LogP contribution in [0.2, 0.25) is 0 Å². The summed E-state index contributed by atoms with van der Waals surface area (Å²) in [6.45, 7) is 3.47. The molecule has 0 aromatic heterocycles. The molecule has 0 spiro atoms. The van der Waals surface area contributed by atoms with Gasteiger partial charge in [0.05, 0.1) is 5.41 Å². The lowest BCUT2D eigenvalue weighted by Gasteiger charge is -2.34. The largest absolute Gasteiger partial charge is 0.482 e. The lowest BCUT2D eigenvalue weighted by molar-refractivity contribution is -0.139. The number of carbonyl (C=O) groups excluding carboxylic acids is 1. The van der Waals surface area contributed by atoms with Crippen molar-refractivity contribution in [2.24, 2.45) is 0 Å². The first kappa shape index (κ1) is 18.0. The van der Waals surface area contributed by atoms with Gasteiger partial charge in [-0.15, -0.1) is 0 Å². The van der Waals surface area contributed by atoms with Gasteiger partial charge in [0, 0.05) is 5.69 Å². The van der Waals surface area contributed by atoms with E-state index in [0.29, 0.717) is 11.4 Å². The number of nitrogens with one attached hydrogen (secondary N) is 1. The Labute approximate surface area is 153 Å². The highest BCUT2D eigenvalue weighted by Gasteiger charge is 2.38. The average molecular weight is 353 g/mol. The van der Waals surface area contributed by atoms with Crippen LogP contribution in [0.25, 0.3) is 0 Å². The fourth-order valence-electron chi connectivity index (χ4n) is 3.55. The van der Waals surface area contributed by atoms with Gasteiger partial charge in [0.15, 0.2) is 6.61 Å². The number of hydrogen-bond acceptors (Lipinski definition) is 3. The van der Waals surface area contributed by atoms with Gasteiger partial charge in [-0.3, -0.25) is 4.79 Å². The van der Waals surface area contributed by atoms with Crippen LogP contribution in [0.3, 0.4) is 0 Å². The zero-order chi connectivity index (χ0) is 18.7. The summed E-state index contributed by atoms with van der Waals surface area (Å²) in [5, 5.41) is 11.7. The minimum absolute atomic E-state index is 0.0213. The van der Waals surface area contributed by atoms with E-state index in [0.717, 1.165) is 30.4 Å². The number of carbonyl (C=O) groups is 2. The second-order valence-electron chi connectivity index (χ2n) is 6.96. The molecule has 0 bridgehead atoms. The molecule has 0 radical (unpaired) electrons. The van der Waals surface area contributed by atoms with Crippen molar-refractivity contribution in [3.05, 3.63) is 59.2 Å². The molecule has 1 aliphatic rings. The van der Waals surface area contributed by atoms with Crippen LogP contribution in [0, 0.1) is 6.92 Å². The number of fused-ring (bicyclic) bond motifs is 1. The number of benzene rings is 2. The van der Waals surface area contributed by atoms with Crippen LogP contribution in [-0.2, 0) is 21.4 Å². The van der Waals surface area contributed by atoms with E-state index in [1.807, 2.05) is 32.0 Å². The van der Waals surface area contributed by atoms with Gasteiger partial charge >= 0.3 is 5.97 Å². The number of carboxylic acids is 1. The molecule has 1 amide bonds. The second kappa shape index (κ2) is 7.20. The first-order valence-corrected chi connectivity index (χ1v) is 8.75. The number of ether oxygens (including phenoxy) is 1. The third-order valence-electron chi connectivity index (χ3n) is 5.04. The van der Waals surface area contributed by atoms with Crippen LogP contribution in [0.4, 0.5) is 5.69 Å². The molecule has 5 heteroatoms. The van der Waals surface area contributed by atoms with Crippen LogP contribution < -0.4 is 10.1 Å². The van der Waals surface area contributed by atoms with Gasteiger partial charge in [0.1, 0.15) is 5.75 Å². The van der Waals surface area contributed by atoms with Crippen molar-refractivity contribution < 1.29 is 19.4 Å². The van der Waals surface area contributed by atoms with Gasteiger partial charge in [-0.25, -0.2) is 4.79 Å². The Hall–Kier alpha value is -2.82. The second-order valence-corrected chi connectivity index (χ2v) is 6.96. The third kappa shape index (κ3) is 3.57. The summed E-state index contributed by atoms with van der Waals surface area (Å²) in [4.78, 5) is 23.7. The number of aliphatic carboxylic acids is 1. The smallest absolute Gasteiger partial charge is 0.341 e. The molecule has 0 aliphatic heterocycles. The maximum Gasteiger partial charge on any atom is 0.341 e. The highest BCUT2D eigenvalue weighted by atomic mass is 16.5. The van der Waals surface area contributed by atoms with E-state index < -0.39 is 11.4 Å². The van der Waals surface area contributed by atoms with E-state index >= 15 is 0 Å². The van der Waals surface area contributed by atoms with Gasteiger partial charge in [0.25, 0.3) is 0 Å². The van der Waals surface area contributed by atoms with Crippen molar-refractivity contribution in [3.63, 3.8) is 0 Å². The molecule has 136 valence electrons. The summed E-state index contributed by atoms with van der Waals surface area (Å²) >= 11 is 0. The molecule has 0 saturated carbocycles.